The van der Waals surface area contributed by atoms with Crippen LogP contribution in [0, 0.1) is 0 Å². The Morgan fingerprint density at radius 2 is 1.81 bits per heavy atom. The van der Waals surface area contributed by atoms with Crippen molar-refractivity contribution in [3.05, 3.63) is 59.7 Å². The predicted octanol–water partition coefficient (Wildman–Crippen LogP) is 5.07. The smallest absolute Gasteiger partial charge is 0.220 e. The summed E-state index contributed by atoms with van der Waals surface area (Å²) in [6.45, 7) is 7.38. The largest absolute Gasteiger partial charge is 0.490 e. The van der Waals surface area contributed by atoms with Gasteiger partial charge in [0.1, 0.15) is 0 Å². The first-order valence-electron chi connectivity index (χ1n) is 9.86. The molecule has 0 aliphatic heterocycles. The lowest BCUT2D eigenvalue weighted by molar-refractivity contribution is -0.121. The van der Waals surface area contributed by atoms with Gasteiger partial charge in [-0.05, 0) is 49.9 Å². The third-order valence-electron chi connectivity index (χ3n) is 4.38. The summed E-state index contributed by atoms with van der Waals surface area (Å²) in [5.74, 6) is 1.58. The highest BCUT2D eigenvalue weighted by atomic mass is 16.5. The quantitative estimate of drug-likeness (QED) is 0.562. The first-order chi connectivity index (χ1) is 13.1. The van der Waals surface area contributed by atoms with Crippen LogP contribution in [0.2, 0.25) is 0 Å². The van der Waals surface area contributed by atoms with E-state index in [0.717, 1.165) is 35.5 Å². The highest BCUT2D eigenvalue weighted by Gasteiger charge is 2.11. The van der Waals surface area contributed by atoms with Crippen LogP contribution in [0.3, 0.4) is 0 Å². The third-order valence-corrected chi connectivity index (χ3v) is 4.38. The third kappa shape index (κ3) is 6.97. The first kappa shape index (κ1) is 20.8. The molecule has 0 saturated heterocycles. The SMILES string of the molecule is CCCCOc1ccc(CCC(=O)NC(C)c2ccccc2)cc1OCC. The Hall–Kier alpha value is -2.49. The van der Waals surface area contributed by atoms with Crippen molar-refractivity contribution in [2.45, 2.75) is 52.5 Å². The molecule has 1 N–H and O–H groups in total. The summed E-state index contributed by atoms with van der Waals surface area (Å²) >= 11 is 0. The Morgan fingerprint density at radius 1 is 1.04 bits per heavy atom. The molecule has 27 heavy (non-hydrogen) atoms. The van der Waals surface area contributed by atoms with Crippen LogP contribution in [0.4, 0.5) is 0 Å². The van der Waals surface area contributed by atoms with Gasteiger partial charge in [-0.25, -0.2) is 0 Å². The zero-order valence-corrected chi connectivity index (χ0v) is 16.7. The molecule has 0 heterocycles. The molecule has 0 fully saturated rings. The number of aryl methyl sites for hydroxylation is 1. The molecule has 0 spiro atoms. The minimum absolute atomic E-state index is 0.00651. The molecule has 2 aromatic carbocycles. The fourth-order valence-electron chi connectivity index (χ4n) is 2.82. The van der Waals surface area contributed by atoms with Crippen LogP contribution >= 0.6 is 0 Å². The first-order valence-corrected chi connectivity index (χ1v) is 9.86. The van der Waals surface area contributed by atoms with E-state index < -0.39 is 0 Å². The van der Waals surface area contributed by atoms with Gasteiger partial charge < -0.3 is 14.8 Å². The van der Waals surface area contributed by atoms with Gasteiger partial charge in [0.05, 0.1) is 19.3 Å². The summed E-state index contributed by atoms with van der Waals surface area (Å²) in [6, 6.07) is 15.9. The molecule has 0 bridgehead atoms. The average Bonchev–Trinajstić information content (AvgIpc) is 2.69. The van der Waals surface area contributed by atoms with E-state index in [9.17, 15) is 4.79 Å². The number of benzene rings is 2. The zero-order chi connectivity index (χ0) is 19.5. The number of amides is 1. The fraction of sp³-hybridized carbons (Fsp3) is 0.435. The molecule has 0 saturated carbocycles. The van der Waals surface area contributed by atoms with Gasteiger partial charge >= 0.3 is 0 Å². The molecule has 4 heteroatoms. The molecule has 0 aliphatic carbocycles. The van der Waals surface area contributed by atoms with Crippen molar-refractivity contribution in [3.8, 4) is 11.5 Å². The van der Waals surface area contributed by atoms with E-state index in [1.54, 1.807) is 0 Å². The second kappa shape index (κ2) is 11.3. The van der Waals surface area contributed by atoms with Crippen molar-refractivity contribution in [3.63, 3.8) is 0 Å². The van der Waals surface area contributed by atoms with Crippen molar-refractivity contribution >= 4 is 5.91 Å². The minimum atomic E-state index is 0.00651. The summed E-state index contributed by atoms with van der Waals surface area (Å²) in [5, 5.41) is 3.06. The highest BCUT2D eigenvalue weighted by molar-refractivity contribution is 5.76. The van der Waals surface area contributed by atoms with E-state index in [1.165, 1.54) is 0 Å². The van der Waals surface area contributed by atoms with Crippen molar-refractivity contribution < 1.29 is 14.3 Å². The zero-order valence-electron chi connectivity index (χ0n) is 16.7. The molecule has 0 aliphatic rings. The second-order valence-corrected chi connectivity index (χ2v) is 6.62. The molecular weight excluding hydrogens is 338 g/mol. The molecule has 1 unspecified atom stereocenters. The van der Waals surface area contributed by atoms with E-state index in [2.05, 4.69) is 12.2 Å². The topological polar surface area (TPSA) is 47.6 Å². The molecule has 1 amide bonds. The van der Waals surface area contributed by atoms with E-state index in [-0.39, 0.29) is 11.9 Å². The molecule has 2 rings (SSSR count). The number of unbranched alkanes of at least 4 members (excludes halogenated alkanes) is 1. The number of rotatable bonds is 11. The summed E-state index contributed by atoms with van der Waals surface area (Å²) in [7, 11) is 0. The number of ether oxygens (including phenoxy) is 2. The molecule has 2 aromatic rings. The van der Waals surface area contributed by atoms with Crippen LogP contribution in [-0.2, 0) is 11.2 Å². The van der Waals surface area contributed by atoms with Gasteiger partial charge in [0.15, 0.2) is 11.5 Å². The van der Waals surface area contributed by atoms with E-state index in [1.807, 2.05) is 62.4 Å². The average molecular weight is 370 g/mol. The van der Waals surface area contributed by atoms with Gasteiger partial charge in [-0.15, -0.1) is 0 Å². The second-order valence-electron chi connectivity index (χ2n) is 6.62. The van der Waals surface area contributed by atoms with Crippen molar-refractivity contribution in [2.75, 3.05) is 13.2 Å². The Kier molecular flexibility index (Phi) is 8.69. The predicted molar refractivity (Wildman–Crippen MR) is 109 cm³/mol. The van der Waals surface area contributed by atoms with E-state index >= 15 is 0 Å². The van der Waals surface area contributed by atoms with Gasteiger partial charge in [0.2, 0.25) is 5.91 Å². The summed E-state index contributed by atoms with van der Waals surface area (Å²) in [4.78, 5) is 12.3. The summed E-state index contributed by atoms with van der Waals surface area (Å²) in [6.07, 6.45) is 3.23. The van der Waals surface area contributed by atoms with Gasteiger partial charge in [-0.3, -0.25) is 4.79 Å². The number of carbonyl (C=O) groups is 1. The maximum Gasteiger partial charge on any atom is 0.220 e. The monoisotopic (exact) mass is 369 g/mol. The molecule has 0 aromatic heterocycles. The normalized spacial score (nSPS) is 11.7. The van der Waals surface area contributed by atoms with Crippen molar-refractivity contribution in [2.24, 2.45) is 0 Å². The Labute approximate surface area is 162 Å². The number of carbonyl (C=O) groups excluding carboxylic acids is 1. The Bertz CT molecular complexity index is 700. The van der Waals surface area contributed by atoms with Crippen LogP contribution in [-0.4, -0.2) is 19.1 Å². The lowest BCUT2D eigenvalue weighted by atomic mass is 10.1. The van der Waals surface area contributed by atoms with Crippen LogP contribution in [0.15, 0.2) is 48.5 Å². The maximum atomic E-state index is 12.3. The highest BCUT2D eigenvalue weighted by Crippen LogP contribution is 2.29. The standard InChI is InChI=1S/C23H31NO3/c1-4-6-16-27-21-14-12-19(17-22(21)26-5-2)13-15-23(25)24-18(3)20-10-8-7-9-11-20/h7-12,14,17-18H,4-6,13,15-16H2,1-3H3,(H,24,25). The van der Waals surface area contributed by atoms with Crippen LogP contribution in [0.25, 0.3) is 0 Å². The Morgan fingerprint density at radius 3 is 2.52 bits per heavy atom. The molecule has 0 radical (unpaired) electrons. The fourth-order valence-corrected chi connectivity index (χ4v) is 2.82. The number of hydrogen-bond acceptors (Lipinski definition) is 3. The maximum absolute atomic E-state index is 12.3. The van der Waals surface area contributed by atoms with Crippen molar-refractivity contribution in [1.29, 1.82) is 0 Å². The van der Waals surface area contributed by atoms with E-state index in [4.69, 9.17) is 9.47 Å². The van der Waals surface area contributed by atoms with Crippen LogP contribution in [0.5, 0.6) is 11.5 Å². The van der Waals surface area contributed by atoms with Gasteiger partial charge in [0, 0.05) is 6.42 Å². The van der Waals surface area contributed by atoms with Crippen LogP contribution < -0.4 is 14.8 Å². The van der Waals surface area contributed by atoms with Gasteiger partial charge in [0.25, 0.3) is 0 Å². The molecule has 4 nitrogen and oxygen atoms in total. The molecular formula is C23H31NO3. The van der Waals surface area contributed by atoms with Gasteiger partial charge in [-0.2, -0.15) is 0 Å². The lowest BCUT2D eigenvalue weighted by Gasteiger charge is -2.15. The molecule has 1 atom stereocenters. The van der Waals surface area contributed by atoms with Gasteiger partial charge in [-0.1, -0.05) is 49.7 Å². The lowest BCUT2D eigenvalue weighted by Crippen LogP contribution is -2.26. The van der Waals surface area contributed by atoms with Crippen molar-refractivity contribution in [1.82, 2.24) is 5.32 Å². The summed E-state index contributed by atoms with van der Waals surface area (Å²) in [5.41, 5.74) is 2.18. The number of nitrogens with one attached hydrogen (secondary N) is 1. The van der Waals surface area contributed by atoms with E-state index in [0.29, 0.717) is 26.1 Å². The Balaban J connectivity index is 1.90. The summed E-state index contributed by atoms with van der Waals surface area (Å²) < 4.78 is 11.5. The number of hydrogen-bond donors (Lipinski definition) is 1. The molecule has 146 valence electrons. The minimum Gasteiger partial charge on any atom is -0.490 e. The van der Waals surface area contributed by atoms with Crippen LogP contribution in [0.1, 0.15) is 57.2 Å².